The van der Waals surface area contributed by atoms with E-state index in [9.17, 15) is 0 Å². The topological polar surface area (TPSA) is 132 Å². The van der Waals surface area contributed by atoms with Crippen molar-refractivity contribution >= 4 is 5.84 Å². The van der Waals surface area contributed by atoms with Gasteiger partial charge in [-0.2, -0.15) is 10.2 Å². The Morgan fingerprint density at radius 1 is 1.14 bits per heavy atom. The second-order valence-corrected chi connectivity index (χ2v) is 4.58. The minimum absolute atomic E-state index is 0.317. The number of aromatic nitrogens is 5. The van der Waals surface area contributed by atoms with E-state index in [-0.39, 0.29) is 0 Å². The lowest BCUT2D eigenvalue weighted by molar-refractivity contribution is 1.08. The van der Waals surface area contributed by atoms with Gasteiger partial charge in [0.25, 0.3) is 0 Å². The van der Waals surface area contributed by atoms with Crippen LogP contribution >= 0.6 is 0 Å². The molecule has 8 nitrogen and oxygen atoms in total. The molecule has 3 aromatic heterocycles. The summed E-state index contributed by atoms with van der Waals surface area (Å²) in [6.07, 6.45) is 5.47. The molecule has 0 amide bonds. The molecule has 0 atom stereocenters. The molecule has 0 radical (unpaired) electrons. The van der Waals surface area contributed by atoms with Gasteiger partial charge in [0.05, 0.1) is 0 Å². The van der Waals surface area contributed by atoms with Gasteiger partial charge in [0.2, 0.25) is 0 Å². The highest BCUT2D eigenvalue weighted by Crippen LogP contribution is 2.19. The van der Waals surface area contributed by atoms with Crippen LogP contribution in [-0.2, 0) is 6.42 Å². The van der Waals surface area contributed by atoms with Gasteiger partial charge in [-0.3, -0.25) is 15.1 Å². The molecule has 0 saturated carbocycles. The fourth-order valence-electron chi connectivity index (χ4n) is 1.97. The Hall–Kier alpha value is -3.29. The maximum absolute atomic E-state index is 5.62. The van der Waals surface area contributed by atoms with Crippen molar-refractivity contribution in [1.82, 2.24) is 25.1 Å². The van der Waals surface area contributed by atoms with Gasteiger partial charge in [0.1, 0.15) is 5.84 Å². The van der Waals surface area contributed by atoms with E-state index in [1.807, 2.05) is 24.3 Å². The third-order valence-electron chi connectivity index (χ3n) is 3.04. The maximum Gasteiger partial charge on any atom is 0.181 e. The first-order chi connectivity index (χ1) is 10.8. The number of rotatable bonds is 4. The van der Waals surface area contributed by atoms with E-state index in [1.165, 1.54) is 0 Å². The summed E-state index contributed by atoms with van der Waals surface area (Å²) in [5.41, 5.74) is 8.12. The van der Waals surface area contributed by atoms with Crippen LogP contribution in [0.25, 0.3) is 22.8 Å². The number of nitrogens with one attached hydrogen (secondary N) is 1. The molecule has 8 heteroatoms. The zero-order chi connectivity index (χ0) is 15.4. The third kappa shape index (κ3) is 2.90. The smallest absolute Gasteiger partial charge is 0.181 e. The summed E-state index contributed by atoms with van der Waals surface area (Å²) < 4.78 is 0. The zero-order valence-electron chi connectivity index (χ0n) is 11.6. The molecule has 0 aliphatic heterocycles. The van der Waals surface area contributed by atoms with Crippen molar-refractivity contribution in [2.75, 3.05) is 0 Å². The van der Waals surface area contributed by atoms with Crippen molar-refractivity contribution in [3.63, 3.8) is 0 Å². The number of hydrazone groups is 1. The molecular formula is C14H14N8. The Morgan fingerprint density at radius 2 is 1.91 bits per heavy atom. The first kappa shape index (κ1) is 13.7. The van der Waals surface area contributed by atoms with Crippen molar-refractivity contribution in [2.45, 2.75) is 6.42 Å². The standard InChI is InChI=1S/C14H14N8/c15-12(20-16)8-11-7-10(3-6-18-11)14-19-13(21-22-14)9-1-4-17-5-2-9/h1-7H,8,16H2,(H2,15,20)(H,19,21,22). The minimum Gasteiger partial charge on any atom is -0.385 e. The van der Waals surface area contributed by atoms with Gasteiger partial charge < -0.3 is 11.6 Å². The van der Waals surface area contributed by atoms with Crippen molar-refractivity contribution in [3.05, 3.63) is 48.5 Å². The second-order valence-electron chi connectivity index (χ2n) is 4.58. The SMILES string of the molecule is NN=C(N)Cc1cc(-c2n[nH]c(-c3ccncc3)n2)ccn1. The van der Waals surface area contributed by atoms with Gasteiger partial charge in [-0.1, -0.05) is 0 Å². The molecule has 0 saturated heterocycles. The predicted molar refractivity (Wildman–Crippen MR) is 82.4 cm³/mol. The average molecular weight is 294 g/mol. The van der Waals surface area contributed by atoms with Crippen LogP contribution in [0.4, 0.5) is 0 Å². The number of amidine groups is 1. The normalized spacial score (nSPS) is 11.5. The van der Waals surface area contributed by atoms with E-state index in [4.69, 9.17) is 11.6 Å². The fraction of sp³-hybridized carbons (Fsp3) is 0.0714. The van der Waals surface area contributed by atoms with Crippen LogP contribution in [0.5, 0.6) is 0 Å². The first-order valence-corrected chi connectivity index (χ1v) is 6.56. The van der Waals surface area contributed by atoms with E-state index in [1.54, 1.807) is 18.6 Å². The lowest BCUT2D eigenvalue weighted by Gasteiger charge is -2.01. The molecule has 0 fully saturated rings. The number of aromatic amines is 1. The summed E-state index contributed by atoms with van der Waals surface area (Å²) in [5.74, 6) is 6.72. The average Bonchev–Trinajstić information content (AvgIpc) is 3.06. The maximum atomic E-state index is 5.62. The monoisotopic (exact) mass is 294 g/mol. The van der Waals surface area contributed by atoms with E-state index < -0.39 is 0 Å². The van der Waals surface area contributed by atoms with Crippen LogP contribution in [-0.4, -0.2) is 31.0 Å². The Morgan fingerprint density at radius 3 is 2.68 bits per heavy atom. The predicted octanol–water partition coefficient (Wildman–Crippen LogP) is 0.702. The molecular weight excluding hydrogens is 280 g/mol. The largest absolute Gasteiger partial charge is 0.385 e. The molecule has 0 aliphatic rings. The summed E-state index contributed by atoms with van der Waals surface area (Å²) in [5, 5.41) is 10.6. The molecule has 0 aromatic carbocycles. The summed E-state index contributed by atoms with van der Waals surface area (Å²) in [7, 11) is 0. The molecule has 0 aliphatic carbocycles. The molecule has 3 rings (SSSR count). The minimum atomic E-state index is 0.317. The van der Waals surface area contributed by atoms with Gasteiger partial charge in [0, 0.05) is 41.8 Å². The Labute approximate surface area is 126 Å². The highest BCUT2D eigenvalue weighted by atomic mass is 15.2. The van der Waals surface area contributed by atoms with Crippen molar-refractivity contribution in [2.24, 2.45) is 16.7 Å². The second kappa shape index (κ2) is 6.00. The van der Waals surface area contributed by atoms with E-state index >= 15 is 0 Å². The van der Waals surface area contributed by atoms with Crippen molar-refractivity contribution in [1.29, 1.82) is 0 Å². The highest BCUT2D eigenvalue weighted by Gasteiger charge is 2.09. The summed E-state index contributed by atoms with van der Waals surface area (Å²) >= 11 is 0. The molecule has 3 heterocycles. The van der Waals surface area contributed by atoms with Crippen LogP contribution in [0.2, 0.25) is 0 Å². The number of H-pyrrole nitrogens is 1. The quantitative estimate of drug-likeness (QED) is 0.281. The fourth-order valence-corrected chi connectivity index (χ4v) is 1.97. The van der Waals surface area contributed by atoms with Gasteiger partial charge in [-0.15, -0.1) is 0 Å². The third-order valence-corrected chi connectivity index (χ3v) is 3.04. The summed E-state index contributed by atoms with van der Waals surface area (Å²) in [6, 6.07) is 7.41. The van der Waals surface area contributed by atoms with E-state index in [2.05, 4.69) is 30.3 Å². The molecule has 110 valence electrons. The number of hydrogen-bond donors (Lipinski definition) is 3. The Bertz CT molecular complexity index is 793. The first-order valence-electron chi connectivity index (χ1n) is 6.56. The summed E-state index contributed by atoms with van der Waals surface area (Å²) in [6.45, 7) is 0. The lowest BCUT2D eigenvalue weighted by atomic mass is 10.2. The van der Waals surface area contributed by atoms with Gasteiger partial charge in [0.15, 0.2) is 11.6 Å². The summed E-state index contributed by atoms with van der Waals surface area (Å²) in [4.78, 5) is 12.7. The molecule has 22 heavy (non-hydrogen) atoms. The van der Waals surface area contributed by atoms with Crippen LogP contribution in [0.15, 0.2) is 48.0 Å². The molecule has 5 N–H and O–H groups in total. The number of hydrogen-bond acceptors (Lipinski definition) is 6. The highest BCUT2D eigenvalue weighted by molar-refractivity contribution is 5.82. The van der Waals surface area contributed by atoms with Gasteiger partial charge in [-0.05, 0) is 24.3 Å². The van der Waals surface area contributed by atoms with Crippen molar-refractivity contribution in [3.8, 4) is 22.8 Å². The number of nitrogens with zero attached hydrogens (tertiary/aromatic N) is 5. The van der Waals surface area contributed by atoms with E-state index in [0.717, 1.165) is 16.8 Å². The van der Waals surface area contributed by atoms with Crippen LogP contribution in [0, 0.1) is 0 Å². The van der Waals surface area contributed by atoms with Crippen LogP contribution < -0.4 is 11.6 Å². The lowest BCUT2D eigenvalue weighted by Crippen LogP contribution is -2.17. The van der Waals surface area contributed by atoms with Crippen molar-refractivity contribution < 1.29 is 0 Å². The zero-order valence-corrected chi connectivity index (χ0v) is 11.6. The van der Waals surface area contributed by atoms with Crippen LogP contribution in [0.3, 0.4) is 0 Å². The van der Waals surface area contributed by atoms with Gasteiger partial charge >= 0.3 is 0 Å². The van der Waals surface area contributed by atoms with E-state index in [0.29, 0.717) is 23.9 Å². The molecule has 0 bridgehead atoms. The molecule has 0 spiro atoms. The number of nitrogens with two attached hydrogens (primary N) is 2. The Balaban J connectivity index is 1.89. The number of pyridine rings is 2. The van der Waals surface area contributed by atoms with Crippen LogP contribution in [0.1, 0.15) is 5.69 Å². The van der Waals surface area contributed by atoms with Gasteiger partial charge in [-0.25, -0.2) is 4.98 Å². The molecule has 3 aromatic rings. The Kier molecular flexibility index (Phi) is 3.73. The molecule has 0 unspecified atom stereocenters.